The van der Waals surface area contributed by atoms with Gasteiger partial charge in [0, 0.05) is 19.2 Å². The fourth-order valence-corrected chi connectivity index (χ4v) is 2.21. The van der Waals surface area contributed by atoms with Crippen LogP contribution in [0.15, 0.2) is 18.2 Å². The van der Waals surface area contributed by atoms with Crippen molar-refractivity contribution in [1.82, 2.24) is 0 Å². The quantitative estimate of drug-likeness (QED) is 0.628. The smallest absolute Gasteiger partial charge is 0.292 e. The molecule has 2 rings (SSSR count). The Labute approximate surface area is 99.8 Å². The molecule has 1 heterocycles. The highest BCUT2D eigenvalue weighted by atomic mass is 16.6. The summed E-state index contributed by atoms with van der Waals surface area (Å²) in [6, 6.07) is 5.09. The van der Waals surface area contributed by atoms with Crippen molar-refractivity contribution in [3.8, 4) is 0 Å². The van der Waals surface area contributed by atoms with Crippen LogP contribution in [0.3, 0.4) is 0 Å². The van der Waals surface area contributed by atoms with E-state index in [1.54, 1.807) is 6.07 Å². The van der Waals surface area contributed by atoms with Crippen LogP contribution in [0.25, 0.3) is 0 Å². The lowest BCUT2D eigenvalue weighted by atomic mass is 10.1. The van der Waals surface area contributed by atoms with Crippen molar-refractivity contribution >= 4 is 11.4 Å². The van der Waals surface area contributed by atoms with Gasteiger partial charge < -0.3 is 10.0 Å². The van der Waals surface area contributed by atoms with Gasteiger partial charge in [-0.15, -0.1) is 0 Å². The molecule has 0 aromatic heterocycles. The molecule has 1 aliphatic rings. The molecule has 1 N–H and O–H groups in total. The molecule has 92 valence electrons. The topological polar surface area (TPSA) is 66.6 Å². The number of anilines is 1. The summed E-state index contributed by atoms with van der Waals surface area (Å²) in [5.74, 6) is 0. The Morgan fingerprint density at radius 2 is 2.29 bits per heavy atom. The third-order valence-electron chi connectivity index (χ3n) is 3.06. The number of aliphatic hydroxyl groups excluding tert-OH is 1. The average Bonchev–Trinajstić information content (AvgIpc) is 2.28. The second kappa shape index (κ2) is 4.71. The summed E-state index contributed by atoms with van der Waals surface area (Å²) in [4.78, 5) is 12.5. The van der Waals surface area contributed by atoms with Crippen LogP contribution in [0, 0.1) is 17.0 Å². The minimum atomic E-state index is -0.385. The van der Waals surface area contributed by atoms with Crippen molar-refractivity contribution in [2.24, 2.45) is 0 Å². The van der Waals surface area contributed by atoms with Crippen LogP contribution in [0.5, 0.6) is 0 Å². The summed E-state index contributed by atoms with van der Waals surface area (Å²) in [7, 11) is 0. The molecule has 5 heteroatoms. The Morgan fingerprint density at radius 3 is 2.94 bits per heavy atom. The number of benzene rings is 1. The molecule has 0 saturated carbocycles. The summed E-state index contributed by atoms with van der Waals surface area (Å²) in [6.07, 6.45) is 1.26. The van der Waals surface area contributed by atoms with Gasteiger partial charge in [0.05, 0.1) is 11.0 Å². The molecular formula is C12H16N2O3. The number of rotatable bonds is 2. The maximum Gasteiger partial charge on any atom is 0.292 e. The van der Waals surface area contributed by atoms with Gasteiger partial charge in [0.2, 0.25) is 0 Å². The zero-order chi connectivity index (χ0) is 12.4. The van der Waals surface area contributed by atoms with Gasteiger partial charge in [-0.3, -0.25) is 10.1 Å². The van der Waals surface area contributed by atoms with Crippen LogP contribution < -0.4 is 4.90 Å². The van der Waals surface area contributed by atoms with Gasteiger partial charge in [0.25, 0.3) is 5.69 Å². The first-order chi connectivity index (χ1) is 8.08. The lowest BCUT2D eigenvalue weighted by molar-refractivity contribution is -0.384. The van der Waals surface area contributed by atoms with Gasteiger partial charge >= 0.3 is 0 Å². The fraction of sp³-hybridized carbons (Fsp3) is 0.500. The Morgan fingerprint density at radius 1 is 1.53 bits per heavy atom. The third-order valence-corrected chi connectivity index (χ3v) is 3.06. The van der Waals surface area contributed by atoms with Gasteiger partial charge in [-0.05, 0) is 31.4 Å². The number of nitro benzene ring substituents is 1. The molecule has 1 aromatic rings. The van der Waals surface area contributed by atoms with Crippen molar-refractivity contribution in [2.75, 3.05) is 18.0 Å². The lowest BCUT2D eigenvalue weighted by Crippen LogP contribution is -2.38. The number of hydrogen-bond acceptors (Lipinski definition) is 4. The normalized spacial score (nSPS) is 20.4. The van der Waals surface area contributed by atoms with Crippen molar-refractivity contribution in [3.05, 3.63) is 33.9 Å². The zero-order valence-electron chi connectivity index (χ0n) is 9.80. The van der Waals surface area contributed by atoms with Crippen molar-refractivity contribution in [3.63, 3.8) is 0 Å². The summed E-state index contributed by atoms with van der Waals surface area (Å²) >= 11 is 0. The number of β-amino-alcohol motifs (C(OH)–C–C–N with tert-alkyl or cyclic N) is 1. The molecule has 1 aromatic carbocycles. The van der Waals surface area contributed by atoms with Crippen molar-refractivity contribution < 1.29 is 10.0 Å². The molecule has 0 unspecified atom stereocenters. The predicted molar refractivity (Wildman–Crippen MR) is 65.3 cm³/mol. The van der Waals surface area contributed by atoms with Crippen LogP contribution in [0.4, 0.5) is 11.4 Å². The summed E-state index contributed by atoms with van der Waals surface area (Å²) in [6.45, 7) is 3.15. The monoisotopic (exact) mass is 236 g/mol. The van der Waals surface area contributed by atoms with E-state index in [4.69, 9.17) is 0 Å². The second-order valence-electron chi connectivity index (χ2n) is 4.49. The summed E-state index contributed by atoms with van der Waals surface area (Å²) in [5, 5.41) is 20.6. The van der Waals surface area contributed by atoms with E-state index in [1.165, 1.54) is 6.07 Å². The molecule has 0 amide bonds. The molecule has 1 aliphatic heterocycles. The number of nitro groups is 1. The Bertz CT molecular complexity index is 434. The van der Waals surface area contributed by atoms with E-state index in [2.05, 4.69) is 0 Å². The van der Waals surface area contributed by atoms with E-state index in [0.717, 1.165) is 24.9 Å². The highest BCUT2D eigenvalue weighted by Gasteiger charge is 2.24. The first-order valence-corrected chi connectivity index (χ1v) is 5.76. The van der Waals surface area contributed by atoms with Gasteiger partial charge in [-0.2, -0.15) is 0 Å². The van der Waals surface area contributed by atoms with Crippen LogP contribution >= 0.6 is 0 Å². The number of aryl methyl sites for hydroxylation is 1. The van der Waals surface area contributed by atoms with E-state index in [-0.39, 0.29) is 16.7 Å². The number of nitrogens with zero attached hydrogens (tertiary/aromatic N) is 2. The maximum absolute atomic E-state index is 11.0. The molecule has 0 radical (unpaired) electrons. The number of hydrogen-bond donors (Lipinski definition) is 1. The van der Waals surface area contributed by atoms with E-state index < -0.39 is 0 Å². The van der Waals surface area contributed by atoms with E-state index in [1.807, 2.05) is 17.9 Å². The third kappa shape index (κ3) is 2.55. The highest BCUT2D eigenvalue weighted by Crippen LogP contribution is 2.31. The van der Waals surface area contributed by atoms with Gasteiger partial charge in [0.1, 0.15) is 5.69 Å². The first kappa shape index (κ1) is 11.9. The Kier molecular flexibility index (Phi) is 3.28. The lowest BCUT2D eigenvalue weighted by Gasteiger charge is -2.31. The maximum atomic E-state index is 11.0. The summed E-state index contributed by atoms with van der Waals surface area (Å²) < 4.78 is 0. The summed E-state index contributed by atoms with van der Waals surface area (Å²) in [5.41, 5.74) is 1.73. The van der Waals surface area contributed by atoms with Gasteiger partial charge in [0.15, 0.2) is 0 Å². The average molecular weight is 236 g/mol. The molecular weight excluding hydrogens is 220 g/mol. The molecule has 1 fully saturated rings. The number of piperidine rings is 1. The van der Waals surface area contributed by atoms with Crippen molar-refractivity contribution in [1.29, 1.82) is 0 Å². The first-order valence-electron chi connectivity index (χ1n) is 5.76. The van der Waals surface area contributed by atoms with Gasteiger partial charge in [-0.25, -0.2) is 0 Å². The molecule has 0 spiro atoms. The molecule has 0 bridgehead atoms. The number of aliphatic hydroxyl groups is 1. The minimum Gasteiger partial charge on any atom is -0.391 e. The minimum absolute atomic E-state index is 0.115. The Balaban J connectivity index is 2.35. The van der Waals surface area contributed by atoms with E-state index in [0.29, 0.717) is 12.2 Å². The fourth-order valence-electron chi connectivity index (χ4n) is 2.21. The van der Waals surface area contributed by atoms with Crippen molar-refractivity contribution in [2.45, 2.75) is 25.9 Å². The zero-order valence-corrected chi connectivity index (χ0v) is 9.80. The van der Waals surface area contributed by atoms with Crippen LogP contribution in [0.2, 0.25) is 0 Å². The molecule has 1 saturated heterocycles. The molecule has 1 atom stereocenters. The van der Waals surface area contributed by atoms with Crippen LogP contribution in [0.1, 0.15) is 18.4 Å². The van der Waals surface area contributed by atoms with Crippen LogP contribution in [-0.2, 0) is 0 Å². The molecule has 5 nitrogen and oxygen atoms in total. The van der Waals surface area contributed by atoms with E-state index in [9.17, 15) is 15.2 Å². The largest absolute Gasteiger partial charge is 0.391 e. The Hall–Kier alpha value is -1.62. The second-order valence-corrected chi connectivity index (χ2v) is 4.49. The van der Waals surface area contributed by atoms with Gasteiger partial charge in [-0.1, -0.05) is 6.07 Å². The van der Waals surface area contributed by atoms with Crippen LogP contribution in [-0.4, -0.2) is 29.2 Å². The standard InChI is InChI=1S/C12H16N2O3/c1-9-4-5-11(14(16)17)12(7-9)13-6-2-3-10(15)8-13/h4-5,7,10,15H,2-3,6,8H2,1H3/t10-/m0/s1. The SMILES string of the molecule is Cc1ccc([N+](=O)[O-])c(N2CCC[C@H](O)C2)c1. The molecule has 17 heavy (non-hydrogen) atoms. The highest BCUT2D eigenvalue weighted by molar-refractivity contribution is 5.64. The predicted octanol–water partition coefficient (Wildman–Crippen LogP) is 1.86. The molecule has 0 aliphatic carbocycles. The van der Waals surface area contributed by atoms with E-state index >= 15 is 0 Å².